The Bertz CT molecular complexity index is 772. The highest BCUT2D eigenvalue weighted by Crippen LogP contribution is 2.31. The van der Waals surface area contributed by atoms with Crippen LogP contribution in [0.3, 0.4) is 0 Å². The highest BCUT2D eigenvalue weighted by atomic mass is 16.5. The van der Waals surface area contributed by atoms with Crippen LogP contribution in [0.4, 0.5) is 0 Å². The number of carbonyl (C=O) groups excluding carboxylic acids is 1. The third-order valence-corrected chi connectivity index (χ3v) is 4.32. The molecular weight excluding hydrogens is 340 g/mol. The smallest absolute Gasteiger partial charge is 0.257 e. The second-order valence-corrected chi connectivity index (χ2v) is 7.19. The first-order valence-electron chi connectivity index (χ1n) is 9.40. The molecule has 27 heavy (non-hydrogen) atoms. The van der Waals surface area contributed by atoms with Gasteiger partial charge in [-0.1, -0.05) is 50.2 Å². The number of phenols is 1. The lowest BCUT2D eigenvalue weighted by molar-refractivity contribution is -0.123. The van der Waals surface area contributed by atoms with E-state index >= 15 is 0 Å². The van der Waals surface area contributed by atoms with Gasteiger partial charge in [-0.25, -0.2) is 0 Å². The van der Waals surface area contributed by atoms with Crippen LogP contribution >= 0.6 is 0 Å². The summed E-state index contributed by atoms with van der Waals surface area (Å²) in [6, 6.07) is 11.7. The van der Waals surface area contributed by atoms with E-state index in [4.69, 9.17) is 10.5 Å². The van der Waals surface area contributed by atoms with E-state index in [1.54, 1.807) is 0 Å². The van der Waals surface area contributed by atoms with Gasteiger partial charge in [0.25, 0.3) is 5.91 Å². The molecule has 2 rings (SSSR count). The third-order valence-electron chi connectivity index (χ3n) is 4.32. The van der Waals surface area contributed by atoms with Gasteiger partial charge in [0.1, 0.15) is 11.5 Å². The molecule has 0 fully saturated rings. The molecule has 5 heteroatoms. The number of aromatic hydroxyl groups is 1. The number of aryl methyl sites for hydroxylation is 1. The molecule has 4 N–H and O–H groups in total. The largest absolute Gasteiger partial charge is 0.507 e. The quantitative estimate of drug-likeness (QED) is 0.634. The van der Waals surface area contributed by atoms with Gasteiger partial charge in [0.15, 0.2) is 6.61 Å². The molecule has 5 nitrogen and oxygen atoms in total. The maximum atomic E-state index is 11.9. The number of ether oxygens (including phenoxy) is 1. The van der Waals surface area contributed by atoms with Gasteiger partial charge in [0, 0.05) is 19.5 Å². The minimum atomic E-state index is -0.191. The Labute approximate surface area is 161 Å². The van der Waals surface area contributed by atoms with E-state index in [0.717, 1.165) is 34.4 Å². The summed E-state index contributed by atoms with van der Waals surface area (Å²) in [5, 5.41) is 13.1. The van der Waals surface area contributed by atoms with E-state index in [-0.39, 0.29) is 12.5 Å². The summed E-state index contributed by atoms with van der Waals surface area (Å²) in [7, 11) is 0. The van der Waals surface area contributed by atoms with E-state index in [1.807, 2.05) is 43.3 Å². The Morgan fingerprint density at radius 2 is 1.81 bits per heavy atom. The average Bonchev–Trinajstić information content (AvgIpc) is 2.62. The molecule has 0 saturated carbocycles. The van der Waals surface area contributed by atoms with Crippen LogP contribution < -0.4 is 15.8 Å². The summed E-state index contributed by atoms with van der Waals surface area (Å²) in [5.41, 5.74) is 9.13. The topological polar surface area (TPSA) is 84.6 Å². The van der Waals surface area contributed by atoms with Crippen molar-refractivity contribution in [1.82, 2.24) is 5.32 Å². The standard InChI is InChI=1S/C22H30N2O3/c1-15(2)12-18-8-5-9-19(13-17-7-4-6-16(3)21(17)26)22(18)27-14-20(25)24-11-10-23/h4-9,15,26H,10-14,23H2,1-3H3,(H,24,25). The van der Waals surface area contributed by atoms with Crippen LogP contribution in [0, 0.1) is 12.8 Å². The van der Waals surface area contributed by atoms with E-state index < -0.39 is 0 Å². The van der Waals surface area contributed by atoms with Crippen molar-refractivity contribution in [2.24, 2.45) is 11.7 Å². The number of phenolic OH excluding ortho intramolecular Hbond substituents is 1. The average molecular weight is 370 g/mol. The molecule has 2 aromatic rings. The molecule has 0 saturated heterocycles. The maximum absolute atomic E-state index is 11.9. The van der Waals surface area contributed by atoms with Crippen LogP contribution in [0.1, 0.15) is 36.1 Å². The summed E-state index contributed by atoms with van der Waals surface area (Å²) in [6.45, 7) is 6.95. The number of hydrogen-bond acceptors (Lipinski definition) is 4. The van der Waals surface area contributed by atoms with Crippen molar-refractivity contribution >= 4 is 5.91 Å². The first-order valence-corrected chi connectivity index (χ1v) is 9.40. The summed E-state index contributed by atoms with van der Waals surface area (Å²) < 4.78 is 5.94. The van der Waals surface area contributed by atoms with Crippen LogP contribution in [0.2, 0.25) is 0 Å². The summed E-state index contributed by atoms with van der Waals surface area (Å²) in [6.07, 6.45) is 1.40. The molecule has 1 amide bonds. The van der Waals surface area contributed by atoms with Gasteiger partial charge in [-0.15, -0.1) is 0 Å². The second-order valence-electron chi connectivity index (χ2n) is 7.19. The Hall–Kier alpha value is -2.53. The third kappa shape index (κ3) is 6.00. The zero-order chi connectivity index (χ0) is 19.8. The lowest BCUT2D eigenvalue weighted by atomic mass is 9.95. The van der Waals surface area contributed by atoms with Crippen LogP contribution in [0.5, 0.6) is 11.5 Å². The normalized spacial score (nSPS) is 10.9. The van der Waals surface area contributed by atoms with Crippen molar-refractivity contribution < 1.29 is 14.6 Å². The zero-order valence-corrected chi connectivity index (χ0v) is 16.4. The first kappa shape index (κ1) is 20.8. The van der Waals surface area contributed by atoms with Crippen molar-refractivity contribution in [1.29, 1.82) is 0 Å². The fraction of sp³-hybridized carbons (Fsp3) is 0.409. The molecule has 2 aromatic carbocycles. The molecule has 0 radical (unpaired) electrons. The van der Waals surface area contributed by atoms with Crippen molar-refractivity contribution in [2.45, 2.75) is 33.6 Å². The minimum Gasteiger partial charge on any atom is -0.507 e. The molecule has 0 aliphatic heterocycles. The number of amides is 1. The van der Waals surface area contributed by atoms with Gasteiger partial charge in [0.05, 0.1) is 0 Å². The van der Waals surface area contributed by atoms with Gasteiger partial charge >= 0.3 is 0 Å². The highest BCUT2D eigenvalue weighted by molar-refractivity contribution is 5.77. The lowest BCUT2D eigenvalue weighted by Crippen LogP contribution is -2.33. The molecule has 0 bridgehead atoms. The van der Waals surface area contributed by atoms with Crippen LogP contribution in [0.15, 0.2) is 36.4 Å². The van der Waals surface area contributed by atoms with Gasteiger partial charge in [-0.2, -0.15) is 0 Å². The van der Waals surface area contributed by atoms with Gasteiger partial charge in [0.2, 0.25) is 0 Å². The number of benzene rings is 2. The van der Waals surface area contributed by atoms with Crippen molar-refractivity contribution in [3.05, 3.63) is 58.7 Å². The molecule has 146 valence electrons. The van der Waals surface area contributed by atoms with E-state index in [9.17, 15) is 9.90 Å². The molecular formula is C22H30N2O3. The summed E-state index contributed by atoms with van der Waals surface area (Å²) in [4.78, 5) is 11.9. The van der Waals surface area contributed by atoms with E-state index in [1.165, 1.54) is 0 Å². The summed E-state index contributed by atoms with van der Waals surface area (Å²) >= 11 is 0. The van der Waals surface area contributed by atoms with E-state index in [0.29, 0.717) is 31.2 Å². The van der Waals surface area contributed by atoms with Crippen LogP contribution in [-0.4, -0.2) is 30.7 Å². The molecule has 0 heterocycles. The van der Waals surface area contributed by atoms with Gasteiger partial charge < -0.3 is 20.9 Å². The van der Waals surface area contributed by atoms with Crippen LogP contribution in [0.25, 0.3) is 0 Å². The number of carbonyl (C=O) groups is 1. The van der Waals surface area contributed by atoms with Crippen molar-refractivity contribution in [3.8, 4) is 11.5 Å². The number of nitrogens with two attached hydrogens (primary N) is 1. The van der Waals surface area contributed by atoms with Gasteiger partial charge in [-0.05, 0) is 41.5 Å². The molecule has 0 aromatic heterocycles. The maximum Gasteiger partial charge on any atom is 0.257 e. The molecule has 0 unspecified atom stereocenters. The van der Waals surface area contributed by atoms with Crippen molar-refractivity contribution in [2.75, 3.05) is 19.7 Å². The molecule has 0 aliphatic rings. The number of nitrogens with one attached hydrogen (secondary N) is 1. The predicted octanol–water partition coefficient (Wildman–Crippen LogP) is 2.94. The van der Waals surface area contributed by atoms with Crippen molar-refractivity contribution in [3.63, 3.8) is 0 Å². The number of hydrogen-bond donors (Lipinski definition) is 3. The fourth-order valence-corrected chi connectivity index (χ4v) is 3.03. The van der Waals surface area contributed by atoms with E-state index in [2.05, 4.69) is 19.2 Å². The zero-order valence-electron chi connectivity index (χ0n) is 16.4. The number of rotatable bonds is 9. The Morgan fingerprint density at radius 3 is 2.52 bits per heavy atom. The first-order chi connectivity index (χ1) is 12.9. The Morgan fingerprint density at radius 1 is 1.15 bits per heavy atom. The predicted molar refractivity (Wildman–Crippen MR) is 108 cm³/mol. The molecule has 0 aliphatic carbocycles. The Balaban J connectivity index is 2.29. The van der Waals surface area contributed by atoms with Gasteiger partial charge in [-0.3, -0.25) is 4.79 Å². The number of para-hydroxylation sites is 2. The Kier molecular flexibility index (Phi) is 7.67. The molecule has 0 atom stereocenters. The molecule has 0 spiro atoms. The lowest BCUT2D eigenvalue weighted by Gasteiger charge is -2.18. The monoisotopic (exact) mass is 370 g/mol. The van der Waals surface area contributed by atoms with Crippen LogP contribution in [-0.2, 0) is 17.6 Å². The highest BCUT2D eigenvalue weighted by Gasteiger charge is 2.15. The second kappa shape index (κ2) is 9.97. The minimum absolute atomic E-state index is 0.0537. The summed E-state index contributed by atoms with van der Waals surface area (Å²) in [5.74, 6) is 1.30. The fourth-order valence-electron chi connectivity index (χ4n) is 3.03. The SMILES string of the molecule is Cc1cccc(Cc2cccc(CC(C)C)c2OCC(=O)NCCN)c1O.